The third-order valence-electron chi connectivity index (χ3n) is 3.01. The van der Waals surface area contributed by atoms with Gasteiger partial charge in [-0.25, -0.2) is 4.79 Å². The number of nitrogens with zero attached hydrogens (tertiary/aromatic N) is 2. The van der Waals surface area contributed by atoms with Crippen LogP contribution in [-0.2, 0) is 14.3 Å². The molecule has 1 aliphatic heterocycles. The molecule has 0 radical (unpaired) electrons. The van der Waals surface area contributed by atoms with Crippen LogP contribution in [0.3, 0.4) is 0 Å². The van der Waals surface area contributed by atoms with E-state index in [0.29, 0.717) is 13.0 Å². The average Bonchev–Trinajstić information content (AvgIpc) is 2.84. The van der Waals surface area contributed by atoms with Crippen molar-refractivity contribution in [1.29, 1.82) is 0 Å². The maximum Gasteiger partial charge on any atom is 0.319 e. The topological polar surface area (TPSA) is 87.2 Å². The van der Waals surface area contributed by atoms with Gasteiger partial charge in [0.15, 0.2) is 0 Å². The van der Waals surface area contributed by atoms with Gasteiger partial charge in [0.2, 0.25) is 0 Å². The van der Waals surface area contributed by atoms with Gasteiger partial charge in [0.25, 0.3) is 0 Å². The molecule has 0 aromatic heterocycles. The van der Waals surface area contributed by atoms with Crippen molar-refractivity contribution in [3.05, 3.63) is 0 Å². The Morgan fingerprint density at radius 3 is 2.61 bits per heavy atom. The number of esters is 1. The van der Waals surface area contributed by atoms with Crippen molar-refractivity contribution in [3.63, 3.8) is 0 Å². The molecule has 102 valence electrons. The third kappa shape index (κ3) is 3.61. The van der Waals surface area contributed by atoms with Crippen LogP contribution in [0.5, 0.6) is 0 Å². The molecule has 1 rings (SSSR count). The highest BCUT2D eigenvalue weighted by atomic mass is 16.5. The fourth-order valence-corrected chi connectivity index (χ4v) is 1.83. The number of carbonyl (C=O) groups is 3. The smallest absolute Gasteiger partial charge is 0.319 e. The Hall–Kier alpha value is -1.79. The summed E-state index contributed by atoms with van der Waals surface area (Å²) in [7, 11) is 2.88. The molecule has 1 saturated heterocycles. The molecule has 0 bridgehead atoms. The van der Waals surface area contributed by atoms with E-state index in [-0.39, 0.29) is 31.5 Å². The number of hydrogen-bond acceptors (Lipinski definition) is 4. The SMILES string of the molecule is COC(=O)CCN(C)C(=O)N1CCC(C(=O)O)C1. The first-order valence-corrected chi connectivity index (χ1v) is 5.75. The van der Waals surface area contributed by atoms with Crippen molar-refractivity contribution >= 4 is 18.0 Å². The number of methoxy groups -OCH3 is 1. The predicted molar refractivity (Wildman–Crippen MR) is 62.0 cm³/mol. The average molecular weight is 258 g/mol. The van der Waals surface area contributed by atoms with Crippen molar-refractivity contribution < 1.29 is 24.2 Å². The van der Waals surface area contributed by atoms with Gasteiger partial charge in [-0.1, -0.05) is 0 Å². The maximum absolute atomic E-state index is 11.9. The number of amides is 2. The second kappa shape index (κ2) is 6.23. The molecule has 0 spiro atoms. The zero-order valence-corrected chi connectivity index (χ0v) is 10.6. The molecule has 1 N–H and O–H groups in total. The second-order valence-corrected chi connectivity index (χ2v) is 4.30. The Balaban J connectivity index is 2.40. The van der Waals surface area contributed by atoms with Crippen molar-refractivity contribution in [1.82, 2.24) is 9.80 Å². The Morgan fingerprint density at radius 2 is 2.11 bits per heavy atom. The van der Waals surface area contributed by atoms with Gasteiger partial charge >= 0.3 is 18.0 Å². The first-order chi connectivity index (χ1) is 8.45. The number of urea groups is 1. The summed E-state index contributed by atoms with van der Waals surface area (Å²) >= 11 is 0. The maximum atomic E-state index is 11.9. The highest BCUT2D eigenvalue weighted by Crippen LogP contribution is 2.17. The Bertz CT molecular complexity index is 344. The number of carbonyl (C=O) groups excluding carboxylic acids is 2. The van der Waals surface area contributed by atoms with Crippen molar-refractivity contribution in [2.75, 3.05) is 33.8 Å². The molecule has 1 fully saturated rings. The molecule has 1 aliphatic rings. The van der Waals surface area contributed by atoms with Crippen LogP contribution in [0.25, 0.3) is 0 Å². The molecular formula is C11H18N2O5. The van der Waals surface area contributed by atoms with E-state index in [0.717, 1.165) is 0 Å². The van der Waals surface area contributed by atoms with Crippen molar-refractivity contribution in [2.45, 2.75) is 12.8 Å². The molecule has 0 aromatic rings. The fourth-order valence-electron chi connectivity index (χ4n) is 1.83. The first-order valence-electron chi connectivity index (χ1n) is 5.75. The number of ether oxygens (including phenoxy) is 1. The van der Waals surface area contributed by atoms with E-state index in [4.69, 9.17) is 5.11 Å². The van der Waals surface area contributed by atoms with Crippen LogP contribution in [0.4, 0.5) is 4.79 Å². The van der Waals surface area contributed by atoms with Gasteiger partial charge in [-0.15, -0.1) is 0 Å². The van der Waals surface area contributed by atoms with Gasteiger partial charge in [-0.3, -0.25) is 9.59 Å². The van der Waals surface area contributed by atoms with Crippen LogP contribution in [-0.4, -0.2) is 66.7 Å². The number of aliphatic carboxylic acids is 1. The summed E-state index contributed by atoms with van der Waals surface area (Å²) in [6, 6.07) is -0.248. The van der Waals surface area contributed by atoms with E-state index >= 15 is 0 Å². The third-order valence-corrected chi connectivity index (χ3v) is 3.01. The summed E-state index contributed by atoms with van der Waals surface area (Å²) in [5, 5.41) is 8.85. The van der Waals surface area contributed by atoms with Gasteiger partial charge < -0.3 is 19.6 Å². The van der Waals surface area contributed by atoms with E-state index in [9.17, 15) is 14.4 Å². The first kappa shape index (κ1) is 14.3. The standard InChI is InChI=1S/C11H18N2O5/c1-12(5-4-9(14)18-2)11(17)13-6-3-8(7-13)10(15)16/h8H,3-7H2,1-2H3,(H,15,16). The highest BCUT2D eigenvalue weighted by molar-refractivity contribution is 5.78. The van der Waals surface area contributed by atoms with Crippen molar-refractivity contribution in [2.24, 2.45) is 5.92 Å². The number of hydrogen-bond donors (Lipinski definition) is 1. The van der Waals surface area contributed by atoms with Crippen LogP contribution in [0.1, 0.15) is 12.8 Å². The number of carboxylic acid groups (broad SMARTS) is 1. The number of rotatable bonds is 4. The molecule has 0 saturated carbocycles. The fraction of sp³-hybridized carbons (Fsp3) is 0.727. The molecule has 1 unspecified atom stereocenters. The summed E-state index contributed by atoms with van der Waals surface area (Å²) in [6.45, 7) is 0.939. The molecule has 7 nitrogen and oxygen atoms in total. The molecule has 1 atom stereocenters. The Labute approximate surface area is 105 Å². The van der Waals surface area contributed by atoms with E-state index in [1.807, 2.05) is 0 Å². The van der Waals surface area contributed by atoms with Crippen LogP contribution < -0.4 is 0 Å². The summed E-state index contributed by atoms with van der Waals surface area (Å²) in [4.78, 5) is 36.6. The number of carboxylic acids is 1. The lowest BCUT2D eigenvalue weighted by Crippen LogP contribution is -2.41. The molecule has 0 aromatic carbocycles. The van der Waals surface area contributed by atoms with Crippen LogP contribution in [0.2, 0.25) is 0 Å². The van der Waals surface area contributed by atoms with Gasteiger partial charge in [0.05, 0.1) is 19.4 Å². The molecule has 18 heavy (non-hydrogen) atoms. The van der Waals surface area contributed by atoms with E-state index in [1.165, 1.54) is 16.9 Å². The summed E-state index contributed by atoms with van der Waals surface area (Å²) in [5.41, 5.74) is 0. The molecule has 2 amide bonds. The lowest BCUT2D eigenvalue weighted by Gasteiger charge is -2.24. The molecule has 7 heteroatoms. The molecular weight excluding hydrogens is 240 g/mol. The summed E-state index contributed by atoms with van der Waals surface area (Å²) in [5.74, 6) is -1.73. The lowest BCUT2D eigenvalue weighted by atomic mass is 10.1. The highest BCUT2D eigenvalue weighted by Gasteiger charge is 2.32. The molecule has 1 heterocycles. The predicted octanol–water partition coefficient (Wildman–Crippen LogP) is 0.00780. The van der Waals surface area contributed by atoms with Crippen LogP contribution in [0, 0.1) is 5.92 Å². The molecule has 0 aliphatic carbocycles. The number of likely N-dealkylation sites (tertiary alicyclic amines) is 1. The zero-order chi connectivity index (χ0) is 13.7. The normalized spacial score (nSPS) is 18.6. The quantitative estimate of drug-likeness (QED) is 0.718. The van der Waals surface area contributed by atoms with Crippen molar-refractivity contribution in [3.8, 4) is 0 Å². The Morgan fingerprint density at radius 1 is 1.44 bits per heavy atom. The van der Waals surface area contributed by atoms with Gasteiger partial charge in [0, 0.05) is 26.7 Å². The second-order valence-electron chi connectivity index (χ2n) is 4.30. The van der Waals surface area contributed by atoms with Gasteiger partial charge in [-0.2, -0.15) is 0 Å². The summed E-state index contributed by atoms with van der Waals surface area (Å²) in [6.07, 6.45) is 0.612. The van der Waals surface area contributed by atoms with Crippen LogP contribution >= 0.6 is 0 Å². The minimum atomic E-state index is -0.873. The Kier molecular flexibility index (Phi) is 4.94. The van der Waals surface area contributed by atoms with E-state index in [1.54, 1.807) is 7.05 Å². The lowest BCUT2D eigenvalue weighted by molar-refractivity contribution is -0.141. The van der Waals surface area contributed by atoms with E-state index < -0.39 is 11.9 Å². The van der Waals surface area contributed by atoms with Gasteiger partial charge in [0.1, 0.15) is 0 Å². The largest absolute Gasteiger partial charge is 0.481 e. The zero-order valence-electron chi connectivity index (χ0n) is 10.6. The van der Waals surface area contributed by atoms with E-state index in [2.05, 4.69) is 4.74 Å². The van der Waals surface area contributed by atoms with Crippen LogP contribution in [0.15, 0.2) is 0 Å². The minimum Gasteiger partial charge on any atom is -0.481 e. The minimum absolute atomic E-state index is 0.134. The monoisotopic (exact) mass is 258 g/mol. The van der Waals surface area contributed by atoms with Gasteiger partial charge in [-0.05, 0) is 6.42 Å². The summed E-state index contributed by atoms with van der Waals surface area (Å²) < 4.78 is 4.49.